The number of hydrogen-bond acceptors (Lipinski definition) is 5. The summed E-state index contributed by atoms with van der Waals surface area (Å²) in [5.41, 5.74) is 2.44. The standard InChI is InChI=1S/C21H26N4O2S/c26-20(23-8-7-19-24-16-3-1-2-4-18(16)28-19)15-5-6-17-14-9-13(10-22-11-14)12-25(17)21(15)27/h5-6,13-14,22H,1-4,7-12H2,(H,23,26)/t13-,14+/m0/s1. The van der Waals surface area contributed by atoms with E-state index in [1.54, 1.807) is 17.4 Å². The monoisotopic (exact) mass is 398 g/mol. The van der Waals surface area contributed by atoms with Gasteiger partial charge in [-0.25, -0.2) is 4.98 Å². The molecule has 4 heterocycles. The lowest BCUT2D eigenvalue weighted by molar-refractivity contribution is 0.0951. The van der Waals surface area contributed by atoms with Crippen LogP contribution >= 0.6 is 11.3 Å². The van der Waals surface area contributed by atoms with Gasteiger partial charge in [-0.15, -0.1) is 11.3 Å². The average molecular weight is 399 g/mol. The molecule has 0 aromatic carbocycles. The van der Waals surface area contributed by atoms with E-state index in [2.05, 4.69) is 10.6 Å². The first-order valence-corrected chi connectivity index (χ1v) is 11.2. The van der Waals surface area contributed by atoms with Crippen molar-refractivity contribution in [1.29, 1.82) is 0 Å². The van der Waals surface area contributed by atoms with Crippen molar-refractivity contribution >= 4 is 17.2 Å². The maximum Gasteiger partial charge on any atom is 0.263 e. The third kappa shape index (κ3) is 3.31. The van der Waals surface area contributed by atoms with Crippen molar-refractivity contribution in [3.8, 4) is 0 Å². The van der Waals surface area contributed by atoms with Crippen LogP contribution in [0.3, 0.4) is 0 Å². The van der Waals surface area contributed by atoms with Crippen LogP contribution in [0.5, 0.6) is 0 Å². The van der Waals surface area contributed by atoms with E-state index in [0.717, 1.165) is 49.5 Å². The number of nitrogens with zero attached hydrogens (tertiary/aromatic N) is 2. The Labute approximate surface area is 168 Å². The molecule has 2 atom stereocenters. The van der Waals surface area contributed by atoms with Crippen molar-refractivity contribution in [3.63, 3.8) is 0 Å². The molecule has 2 N–H and O–H groups in total. The summed E-state index contributed by atoms with van der Waals surface area (Å²) in [7, 11) is 0. The molecule has 28 heavy (non-hydrogen) atoms. The lowest BCUT2D eigenvalue weighted by Gasteiger charge is -2.37. The number of aromatic nitrogens is 2. The van der Waals surface area contributed by atoms with Crippen LogP contribution in [0.15, 0.2) is 16.9 Å². The summed E-state index contributed by atoms with van der Waals surface area (Å²) in [6.07, 6.45) is 6.57. The van der Waals surface area contributed by atoms with Crippen LogP contribution in [0.25, 0.3) is 0 Å². The van der Waals surface area contributed by atoms with Crippen LogP contribution in [0.4, 0.5) is 0 Å². The molecular formula is C21H26N4O2S. The molecule has 3 aliphatic rings. The summed E-state index contributed by atoms with van der Waals surface area (Å²) in [5.74, 6) is 0.599. The van der Waals surface area contributed by atoms with Crippen LogP contribution in [0, 0.1) is 5.92 Å². The van der Waals surface area contributed by atoms with Gasteiger partial charge >= 0.3 is 0 Å². The van der Waals surface area contributed by atoms with Gasteiger partial charge < -0.3 is 15.2 Å². The van der Waals surface area contributed by atoms with Crippen molar-refractivity contribution in [1.82, 2.24) is 20.2 Å². The zero-order valence-electron chi connectivity index (χ0n) is 16.0. The molecule has 1 saturated heterocycles. The van der Waals surface area contributed by atoms with Gasteiger partial charge in [0, 0.05) is 42.5 Å². The largest absolute Gasteiger partial charge is 0.351 e. The number of amides is 1. The van der Waals surface area contributed by atoms with Gasteiger partial charge in [-0.1, -0.05) is 0 Å². The molecule has 0 spiro atoms. The topological polar surface area (TPSA) is 76.0 Å². The molecule has 7 heteroatoms. The zero-order valence-corrected chi connectivity index (χ0v) is 16.8. The molecule has 6 nitrogen and oxygen atoms in total. The molecular weight excluding hydrogens is 372 g/mol. The van der Waals surface area contributed by atoms with E-state index in [1.165, 1.54) is 23.4 Å². The number of fused-ring (bicyclic) bond motifs is 5. The Morgan fingerprint density at radius 2 is 2.18 bits per heavy atom. The Morgan fingerprint density at radius 1 is 1.29 bits per heavy atom. The summed E-state index contributed by atoms with van der Waals surface area (Å²) >= 11 is 1.78. The summed E-state index contributed by atoms with van der Waals surface area (Å²) in [4.78, 5) is 31.7. The molecule has 0 radical (unpaired) electrons. The Morgan fingerprint density at radius 3 is 3.07 bits per heavy atom. The van der Waals surface area contributed by atoms with Gasteiger partial charge in [0.05, 0.1) is 10.7 Å². The second-order valence-electron chi connectivity index (χ2n) is 8.24. The van der Waals surface area contributed by atoms with Gasteiger partial charge in [0.1, 0.15) is 5.56 Å². The van der Waals surface area contributed by atoms with Crippen LogP contribution in [-0.4, -0.2) is 35.1 Å². The summed E-state index contributed by atoms with van der Waals surface area (Å²) < 4.78 is 1.84. The highest BCUT2D eigenvalue weighted by atomic mass is 32.1. The average Bonchev–Trinajstić information content (AvgIpc) is 3.12. The number of rotatable bonds is 4. The first-order valence-electron chi connectivity index (χ1n) is 10.4. The van der Waals surface area contributed by atoms with E-state index in [-0.39, 0.29) is 17.0 Å². The summed E-state index contributed by atoms with van der Waals surface area (Å²) in [6.45, 7) is 3.10. The van der Waals surface area contributed by atoms with Crippen molar-refractivity contribution in [2.45, 2.75) is 51.0 Å². The first-order chi connectivity index (χ1) is 13.7. The number of carbonyl (C=O) groups excluding carboxylic acids is 1. The molecule has 1 amide bonds. The van der Waals surface area contributed by atoms with E-state index in [1.807, 2.05) is 10.6 Å². The zero-order chi connectivity index (χ0) is 19.1. The number of piperidine rings is 1. The quantitative estimate of drug-likeness (QED) is 0.824. The van der Waals surface area contributed by atoms with Crippen molar-refractivity contribution in [3.05, 3.63) is 49.3 Å². The van der Waals surface area contributed by atoms with Gasteiger partial charge in [-0.05, 0) is 56.7 Å². The predicted octanol–water partition coefficient (Wildman–Crippen LogP) is 1.86. The van der Waals surface area contributed by atoms with Crippen molar-refractivity contribution in [2.75, 3.05) is 19.6 Å². The molecule has 2 bridgehead atoms. The Bertz CT molecular complexity index is 940. The third-order valence-corrected chi connectivity index (χ3v) is 7.48. The fourth-order valence-electron chi connectivity index (χ4n) is 4.85. The maximum absolute atomic E-state index is 12.9. The van der Waals surface area contributed by atoms with Crippen LogP contribution < -0.4 is 16.2 Å². The maximum atomic E-state index is 12.9. The lowest BCUT2D eigenvalue weighted by atomic mass is 9.84. The van der Waals surface area contributed by atoms with Crippen LogP contribution in [-0.2, 0) is 25.8 Å². The van der Waals surface area contributed by atoms with Gasteiger partial charge in [0.25, 0.3) is 11.5 Å². The van der Waals surface area contributed by atoms with Gasteiger partial charge in [-0.2, -0.15) is 0 Å². The number of nitrogens with one attached hydrogen (secondary N) is 2. The highest BCUT2D eigenvalue weighted by Crippen LogP contribution is 2.31. The number of carbonyl (C=O) groups is 1. The van der Waals surface area contributed by atoms with E-state index in [0.29, 0.717) is 24.9 Å². The van der Waals surface area contributed by atoms with Gasteiger partial charge in [0.15, 0.2) is 0 Å². The fourth-order valence-corrected chi connectivity index (χ4v) is 6.01. The van der Waals surface area contributed by atoms with E-state index in [9.17, 15) is 9.59 Å². The summed E-state index contributed by atoms with van der Waals surface area (Å²) in [5, 5.41) is 7.47. The van der Waals surface area contributed by atoms with Crippen LogP contribution in [0.1, 0.15) is 56.8 Å². The number of hydrogen-bond donors (Lipinski definition) is 2. The van der Waals surface area contributed by atoms with Crippen molar-refractivity contribution < 1.29 is 4.79 Å². The van der Waals surface area contributed by atoms with E-state index >= 15 is 0 Å². The molecule has 5 rings (SSSR count). The fraction of sp³-hybridized carbons (Fsp3) is 0.571. The van der Waals surface area contributed by atoms with Gasteiger partial charge in [-0.3, -0.25) is 9.59 Å². The van der Waals surface area contributed by atoms with E-state index < -0.39 is 0 Å². The molecule has 148 valence electrons. The molecule has 2 aliphatic heterocycles. The number of pyridine rings is 1. The Balaban J connectivity index is 1.26. The highest BCUT2D eigenvalue weighted by Gasteiger charge is 2.31. The molecule has 1 aliphatic carbocycles. The predicted molar refractivity (Wildman–Crippen MR) is 109 cm³/mol. The smallest absolute Gasteiger partial charge is 0.263 e. The number of aryl methyl sites for hydroxylation is 2. The summed E-state index contributed by atoms with van der Waals surface area (Å²) in [6, 6.07) is 3.68. The second-order valence-corrected chi connectivity index (χ2v) is 9.40. The molecule has 2 aromatic rings. The minimum Gasteiger partial charge on any atom is -0.351 e. The normalized spacial score (nSPS) is 23.0. The van der Waals surface area contributed by atoms with E-state index in [4.69, 9.17) is 4.98 Å². The third-order valence-electron chi connectivity index (χ3n) is 6.27. The Hall–Kier alpha value is -1.99. The molecule has 0 unspecified atom stereocenters. The molecule has 2 aromatic heterocycles. The lowest BCUT2D eigenvalue weighted by Crippen LogP contribution is -2.46. The van der Waals surface area contributed by atoms with Crippen molar-refractivity contribution in [2.24, 2.45) is 5.92 Å². The number of thiazole rings is 1. The minimum absolute atomic E-state index is 0.142. The van der Waals surface area contributed by atoms with Crippen LogP contribution in [0.2, 0.25) is 0 Å². The highest BCUT2D eigenvalue weighted by molar-refractivity contribution is 7.11. The SMILES string of the molecule is O=C(NCCc1nc2c(s1)CCCC2)c1ccc2n(c1=O)C[C@@H]1CNC[C@H]2C1. The first kappa shape index (κ1) is 18.1. The Kier molecular flexibility index (Phi) is 4.80. The molecule has 1 fully saturated rings. The molecule has 0 saturated carbocycles. The minimum atomic E-state index is -0.268. The van der Waals surface area contributed by atoms with Gasteiger partial charge in [0.2, 0.25) is 0 Å². The second kappa shape index (κ2) is 7.44.